The summed E-state index contributed by atoms with van der Waals surface area (Å²) in [5.41, 5.74) is 1.34. The second-order valence-corrected chi connectivity index (χ2v) is 5.95. The standard InChI is InChI=1S/C16H29N3O/c1-4-6-17-12-16-15(5-11-20-16)13-18-7-9-19(10-8-18)14(2)3/h5,11,14,17H,4,6-10,12-13H2,1-3H3. The summed E-state index contributed by atoms with van der Waals surface area (Å²) in [6.45, 7) is 14.3. The molecular formula is C16H29N3O. The minimum absolute atomic E-state index is 0.667. The fourth-order valence-corrected chi connectivity index (χ4v) is 2.72. The number of piperazine rings is 1. The summed E-state index contributed by atoms with van der Waals surface area (Å²) >= 11 is 0. The summed E-state index contributed by atoms with van der Waals surface area (Å²) in [5, 5.41) is 3.42. The topological polar surface area (TPSA) is 31.7 Å². The molecule has 0 bridgehead atoms. The first kappa shape index (κ1) is 15.5. The predicted octanol–water partition coefficient (Wildman–Crippen LogP) is 2.31. The molecule has 4 nitrogen and oxygen atoms in total. The molecule has 1 N–H and O–H groups in total. The average Bonchev–Trinajstić information content (AvgIpc) is 2.87. The van der Waals surface area contributed by atoms with E-state index >= 15 is 0 Å². The summed E-state index contributed by atoms with van der Waals surface area (Å²) in [6.07, 6.45) is 2.98. The fourth-order valence-electron chi connectivity index (χ4n) is 2.72. The molecule has 0 atom stereocenters. The molecule has 4 heteroatoms. The van der Waals surface area contributed by atoms with Gasteiger partial charge in [-0.3, -0.25) is 9.80 Å². The van der Waals surface area contributed by atoms with Crippen LogP contribution < -0.4 is 5.32 Å². The van der Waals surface area contributed by atoms with E-state index in [-0.39, 0.29) is 0 Å². The van der Waals surface area contributed by atoms with E-state index in [1.807, 2.05) is 6.26 Å². The van der Waals surface area contributed by atoms with Crippen LogP contribution in [0.2, 0.25) is 0 Å². The van der Waals surface area contributed by atoms with Crippen LogP contribution >= 0.6 is 0 Å². The molecule has 1 fully saturated rings. The Morgan fingerprint density at radius 3 is 2.65 bits per heavy atom. The zero-order chi connectivity index (χ0) is 14.4. The number of hydrogen-bond donors (Lipinski definition) is 1. The SMILES string of the molecule is CCCNCc1occc1CN1CCN(C(C)C)CC1. The molecule has 1 aromatic rings. The monoisotopic (exact) mass is 279 g/mol. The van der Waals surface area contributed by atoms with Crippen LogP contribution in [0, 0.1) is 0 Å². The van der Waals surface area contributed by atoms with Gasteiger partial charge in [-0.25, -0.2) is 0 Å². The van der Waals surface area contributed by atoms with E-state index < -0.39 is 0 Å². The average molecular weight is 279 g/mol. The Balaban J connectivity index is 1.81. The minimum atomic E-state index is 0.667. The van der Waals surface area contributed by atoms with E-state index in [2.05, 4.69) is 42.0 Å². The van der Waals surface area contributed by atoms with E-state index in [9.17, 15) is 0 Å². The van der Waals surface area contributed by atoms with Crippen molar-refractivity contribution >= 4 is 0 Å². The highest BCUT2D eigenvalue weighted by Gasteiger charge is 2.20. The highest BCUT2D eigenvalue weighted by Crippen LogP contribution is 2.15. The summed E-state index contributed by atoms with van der Waals surface area (Å²) < 4.78 is 5.61. The van der Waals surface area contributed by atoms with Gasteiger partial charge in [0.2, 0.25) is 0 Å². The van der Waals surface area contributed by atoms with Crippen LogP contribution in [0.5, 0.6) is 0 Å². The molecule has 20 heavy (non-hydrogen) atoms. The molecule has 0 radical (unpaired) electrons. The molecule has 1 aliphatic rings. The van der Waals surface area contributed by atoms with Crippen LogP contribution in [-0.4, -0.2) is 48.6 Å². The van der Waals surface area contributed by atoms with Gasteiger partial charge >= 0.3 is 0 Å². The van der Waals surface area contributed by atoms with Crippen LogP contribution in [0.15, 0.2) is 16.7 Å². The van der Waals surface area contributed by atoms with E-state index in [0.29, 0.717) is 6.04 Å². The van der Waals surface area contributed by atoms with Gasteiger partial charge in [-0.15, -0.1) is 0 Å². The maximum atomic E-state index is 5.61. The molecule has 0 amide bonds. The first-order chi connectivity index (χ1) is 9.70. The molecular weight excluding hydrogens is 250 g/mol. The highest BCUT2D eigenvalue weighted by molar-refractivity contribution is 5.17. The molecule has 0 aliphatic carbocycles. The van der Waals surface area contributed by atoms with Gasteiger partial charge in [-0.1, -0.05) is 6.92 Å². The largest absolute Gasteiger partial charge is 0.468 e. The Hall–Kier alpha value is -0.840. The lowest BCUT2D eigenvalue weighted by molar-refractivity contribution is 0.103. The van der Waals surface area contributed by atoms with Crippen LogP contribution in [0.25, 0.3) is 0 Å². The molecule has 114 valence electrons. The Morgan fingerprint density at radius 2 is 2.00 bits per heavy atom. The Kier molecular flexibility index (Phi) is 6.07. The quantitative estimate of drug-likeness (QED) is 0.776. The second-order valence-electron chi connectivity index (χ2n) is 5.95. The van der Waals surface area contributed by atoms with Gasteiger partial charge in [0.15, 0.2) is 0 Å². The summed E-state index contributed by atoms with van der Waals surface area (Å²) in [4.78, 5) is 5.09. The number of furan rings is 1. The Labute approximate surface area is 123 Å². The van der Waals surface area contributed by atoms with Crippen molar-refractivity contribution in [1.29, 1.82) is 0 Å². The smallest absolute Gasteiger partial charge is 0.122 e. The van der Waals surface area contributed by atoms with Crippen LogP contribution in [0.1, 0.15) is 38.5 Å². The molecule has 0 spiro atoms. The van der Waals surface area contributed by atoms with E-state index in [1.165, 1.54) is 18.7 Å². The Bertz CT molecular complexity index is 381. The third-order valence-electron chi connectivity index (χ3n) is 4.08. The molecule has 2 rings (SSSR count). The summed E-state index contributed by atoms with van der Waals surface area (Å²) in [7, 11) is 0. The van der Waals surface area contributed by atoms with Crippen molar-refractivity contribution in [1.82, 2.24) is 15.1 Å². The highest BCUT2D eigenvalue weighted by atomic mass is 16.3. The van der Waals surface area contributed by atoms with Gasteiger partial charge < -0.3 is 9.73 Å². The van der Waals surface area contributed by atoms with E-state index in [4.69, 9.17) is 4.42 Å². The molecule has 0 unspecified atom stereocenters. The van der Waals surface area contributed by atoms with Crippen LogP contribution in [0.4, 0.5) is 0 Å². The number of nitrogens with one attached hydrogen (secondary N) is 1. The minimum Gasteiger partial charge on any atom is -0.468 e. The van der Waals surface area contributed by atoms with Crippen molar-refractivity contribution in [3.05, 3.63) is 23.7 Å². The van der Waals surface area contributed by atoms with E-state index in [1.54, 1.807) is 0 Å². The molecule has 0 saturated carbocycles. The molecule has 1 saturated heterocycles. The van der Waals surface area contributed by atoms with Gasteiger partial charge in [0.1, 0.15) is 5.76 Å². The van der Waals surface area contributed by atoms with Crippen molar-refractivity contribution in [2.45, 2.75) is 46.3 Å². The third-order valence-corrected chi connectivity index (χ3v) is 4.08. The van der Waals surface area contributed by atoms with Crippen LogP contribution in [-0.2, 0) is 13.1 Å². The predicted molar refractivity (Wildman–Crippen MR) is 82.7 cm³/mol. The van der Waals surface area contributed by atoms with E-state index in [0.717, 1.165) is 44.9 Å². The number of nitrogens with zero attached hydrogens (tertiary/aromatic N) is 2. The summed E-state index contributed by atoms with van der Waals surface area (Å²) in [6, 6.07) is 2.79. The molecule has 1 aromatic heterocycles. The first-order valence-electron chi connectivity index (χ1n) is 7.93. The van der Waals surface area contributed by atoms with Gasteiger partial charge in [0.25, 0.3) is 0 Å². The normalized spacial score (nSPS) is 18.0. The number of rotatable bonds is 7. The molecule has 1 aliphatic heterocycles. The fraction of sp³-hybridized carbons (Fsp3) is 0.750. The summed E-state index contributed by atoms with van der Waals surface area (Å²) in [5.74, 6) is 1.10. The van der Waals surface area contributed by atoms with Crippen molar-refractivity contribution in [3.8, 4) is 0 Å². The van der Waals surface area contributed by atoms with Gasteiger partial charge in [0, 0.05) is 44.3 Å². The maximum absolute atomic E-state index is 5.61. The van der Waals surface area contributed by atoms with Gasteiger partial charge in [-0.05, 0) is 32.9 Å². The lowest BCUT2D eigenvalue weighted by atomic mass is 10.2. The van der Waals surface area contributed by atoms with Gasteiger partial charge in [-0.2, -0.15) is 0 Å². The Morgan fingerprint density at radius 1 is 1.25 bits per heavy atom. The third kappa shape index (κ3) is 4.33. The van der Waals surface area contributed by atoms with Crippen molar-refractivity contribution in [2.24, 2.45) is 0 Å². The van der Waals surface area contributed by atoms with Crippen molar-refractivity contribution in [3.63, 3.8) is 0 Å². The number of hydrogen-bond acceptors (Lipinski definition) is 4. The first-order valence-corrected chi connectivity index (χ1v) is 7.93. The zero-order valence-corrected chi connectivity index (χ0v) is 13.2. The molecule has 0 aromatic carbocycles. The second kappa shape index (κ2) is 7.81. The van der Waals surface area contributed by atoms with Crippen molar-refractivity contribution < 1.29 is 4.42 Å². The van der Waals surface area contributed by atoms with Crippen LogP contribution in [0.3, 0.4) is 0 Å². The van der Waals surface area contributed by atoms with Crippen molar-refractivity contribution in [2.75, 3.05) is 32.7 Å². The lowest BCUT2D eigenvalue weighted by Gasteiger charge is -2.36. The lowest BCUT2D eigenvalue weighted by Crippen LogP contribution is -2.48. The maximum Gasteiger partial charge on any atom is 0.122 e. The zero-order valence-electron chi connectivity index (χ0n) is 13.2. The van der Waals surface area contributed by atoms with Gasteiger partial charge in [0.05, 0.1) is 12.8 Å². The molecule has 2 heterocycles.